The molecule has 1 saturated carbocycles. The minimum Gasteiger partial charge on any atom is -0.352 e. The highest BCUT2D eigenvalue weighted by Gasteiger charge is 2.32. The maximum absolute atomic E-state index is 12.2. The number of carbonyl (C=O) groups excluding carboxylic acids is 1. The molecule has 7 nitrogen and oxygen atoms in total. The van der Waals surface area contributed by atoms with Crippen molar-refractivity contribution in [3.05, 3.63) is 11.7 Å². The Morgan fingerprint density at radius 3 is 2.29 bits per heavy atom. The fraction of sp³-hybridized carbons (Fsp3) is 0.824. The Kier molecular flexibility index (Phi) is 5.20. The monoisotopic (exact) mass is 335 g/mol. The Balaban J connectivity index is 1.50. The van der Waals surface area contributed by atoms with Crippen LogP contribution in [0.4, 0.5) is 0 Å². The summed E-state index contributed by atoms with van der Waals surface area (Å²) in [7, 11) is 0. The van der Waals surface area contributed by atoms with Gasteiger partial charge in [0, 0.05) is 38.1 Å². The van der Waals surface area contributed by atoms with Gasteiger partial charge in [-0.2, -0.15) is 4.98 Å². The molecule has 0 unspecified atom stereocenters. The predicted molar refractivity (Wildman–Crippen MR) is 90.6 cm³/mol. The summed E-state index contributed by atoms with van der Waals surface area (Å²) in [5.41, 5.74) is 0. The van der Waals surface area contributed by atoms with Gasteiger partial charge < -0.3 is 9.84 Å². The van der Waals surface area contributed by atoms with Crippen LogP contribution in [0.15, 0.2) is 4.52 Å². The third-order valence-corrected chi connectivity index (χ3v) is 5.08. The molecule has 3 rings (SSSR count). The van der Waals surface area contributed by atoms with Crippen LogP contribution in [0.1, 0.15) is 64.2 Å². The molecule has 1 N–H and O–H groups in total. The number of nitrogens with zero attached hydrogens (tertiary/aromatic N) is 4. The van der Waals surface area contributed by atoms with Gasteiger partial charge in [0.1, 0.15) is 0 Å². The number of hydrogen-bond donors (Lipinski definition) is 1. The highest BCUT2D eigenvalue weighted by Crippen LogP contribution is 2.23. The third-order valence-electron chi connectivity index (χ3n) is 5.08. The smallest absolute Gasteiger partial charge is 0.243 e. The van der Waals surface area contributed by atoms with Gasteiger partial charge in [-0.1, -0.05) is 19.0 Å². The molecule has 24 heavy (non-hydrogen) atoms. The van der Waals surface area contributed by atoms with Gasteiger partial charge in [-0.3, -0.25) is 14.6 Å². The van der Waals surface area contributed by atoms with E-state index in [1.54, 1.807) is 0 Å². The van der Waals surface area contributed by atoms with Crippen molar-refractivity contribution in [3.8, 4) is 0 Å². The largest absolute Gasteiger partial charge is 0.352 e. The predicted octanol–water partition coefficient (Wildman–Crippen LogP) is 1.54. The van der Waals surface area contributed by atoms with Crippen molar-refractivity contribution in [1.29, 1.82) is 0 Å². The topological polar surface area (TPSA) is 74.5 Å². The number of hydrogen-bond acceptors (Lipinski definition) is 6. The average molecular weight is 335 g/mol. The van der Waals surface area contributed by atoms with Gasteiger partial charge in [-0.05, 0) is 26.7 Å². The lowest BCUT2D eigenvalue weighted by Crippen LogP contribution is -2.54. The van der Waals surface area contributed by atoms with E-state index in [4.69, 9.17) is 4.52 Å². The highest BCUT2D eigenvalue weighted by molar-refractivity contribution is 5.81. The first-order valence-electron chi connectivity index (χ1n) is 9.07. The SMILES string of the molecule is CC(C)c1noc([C@@H](C)N2CCN([C@H](C)C(=O)NC3CC3)CC2)n1. The van der Waals surface area contributed by atoms with Crippen molar-refractivity contribution in [1.82, 2.24) is 25.3 Å². The molecule has 1 aromatic heterocycles. The standard InChI is InChI=1S/C17H29N5O2/c1-11(2)15-19-17(24-20-15)13(4)22-9-7-21(8-10-22)12(3)16(23)18-14-5-6-14/h11-14H,5-10H2,1-4H3,(H,18,23)/t12-,13-/m1/s1. The van der Waals surface area contributed by atoms with E-state index in [9.17, 15) is 4.79 Å². The van der Waals surface area contributed by atoms with Crippen LogP contribution in [-0.4, -0.2) is 64.1 Å². The quantitative estimate of drug-likeness (QED) is 0.850. The lowest BCUT2D eigenvalue weighted by Gasteiger charge is -2.39. The van der Waals surface area contributed by atoms with Crippen molar-refractivity contribution in [2.24, 2.45) is 0 Å². The Hall–Kier alpha value is -1.47. The maximum Gasteiger partial charge on any atom is 0.243 e. The molecule has 0 aromatic carbocycles. The summed E-state index contributed by atoms with van der Waals surface area (Å²) < 4.78 is 5.42. The summed E-state index contributed by atoms with van der Waals surface area (Å²) in [6.07, 6.45) is 2.26. The van der Waals surface area contributed by atoms with Crippen LogP contribution in [0.25, 0.3) is 0 Å². The number of amides is 1. The zero-order valence-corrected chi connectivity index (χ0v) is 15.2. The molecule has 1 amide bonds. The molecule has 2 fully saturated rings. The molecule has 1 aromatic rings. The van der Waals surface area contributed by atoms with Crippen molar-refractivity contribution < 1.29 is 9.32 Å². The molecular weight excluding hydrogens is 306 g/mol. The first-order valence-corrected chi connectivity index (χ1v) is 9.07. The van der Waals surface area contributed by atoms with E-state index >= 15 is 0 Å². The van der Waals surface area contributed by atoms with Gasteiger partial charge in [0.2, 0.25) is 11.8 Å². The van der Waals surface area contributed by atoms with Crippen LogP contribution < -0.4 is 5.32 Å². The summed E-state index contributed by atoms with van der Waals surface area (Å²) in [5.74, 6) is 1.89. The number of aromatic nitrogens is 2. The van der Waals surface area contributed by atoms with Gasteiger partial charge in [0.25, 0.3) is 0 Å². The second kappa shape index (κ2) is 7.19. The Labute approximate surface area is 143 Å². The molecule has 0 spiro atoms. The zero-order valence-electron chi connectivity index (χ0n) is 15.2. The molecule has 7 heteroatoms. The molecule has 2 atom stereocenters. The van der Waals surface area contributed by atoms with E-state index < -0.39 is 0 Å². The van der Waals surface area contributed by atoms with Crippen LogP contribution >= 0.6 is 0 Å². The van der Waals surface area contributed by atoms with Crippen LogP contribution in [0.3, 0.4) is 0 Å². The highest BCUT2D eigenvalue weighted by atomic mass is 16.5. The second-order valence-electron chi connectivity index (χ2n) is 7.35. The molecule has 2 heterocycles. The van der Waals surface area contributed by atoms with E-state index in [1.165, 1.54) is 0 Å². The summed E-state index contributed by atoms with van der Waals surface area (Å²) in [6, 6.07) is 0.482. The molecule has 0 radical (unpaired) electrons. The summed E-state index contributed by atoms with van der Waals surface area (Å²) >= 11 is 0. The van der Waals surface area contributed by atoms with Crippen molar-refractivity contribution in [3.63, 3.8) is 0 Å². The molecule has 1 aliphatic carbocycles. The molecule has 1 aliphatic heterocycles. The van der Waals surface area contributed by atoms with Crippen LogP contribution in [0.5, 0.6) is 0 Å². The fourth-order valence-electron chi connectivity index (χ4n) is 3.03. The fourth-order valence-corrected chi connectivity index (χ4v) is 3.03. The average Bonchev–Trinajstić information content (AvgIpc) is 3.25. The summed E-state index contributed by atoms with van der Waals surface area (Å²) in [4.78, 5) is 21.3. The van der Waals surface area contributed by atoms with E-state index in [0.29, 0.717) is 11.9 Å². The normalized spacial score (nSPS) is 22.5. The van der Waals surface area contributed by atoms with Gasteiger partial charge in [-0.15, -0.1) is 0 Å². The van der Waals surface area contributed by atoms with E-state index in [0.717, 1.165) is 44.8 Å². The van der Waals surface area contributed by atoms with Crippen LogP contribution in [0, 0.1) is 0 Å². The first kappa shape index (κ1) is 17.4. The van der Waals surface area contributed by atoms with Crippen molar-refractivity contribution in [2.75, 3.05) is 26.2 Å². The van der Waals surface area contributed by atoms with E-state index in [1.807, 2.05) is 6.92 Å². The lowest BCUT2D eigenvalue weighted by atomic mass is 10.1. The number of carbonyl (C=O) groups is 1. The summed E-state index contributed by atoms with van der Waals surface area (Å²) in [6.45, 7) is 11.8. The molecular formula is C17H29N5O2. The number of nitrogens with one attached hydrogen (secondary N) is 1. The maximum atomic E-state index is 12.2. The summed E-state index contributed by atoms with van der Waals surface area (Å²) in [5, 5.41) is 7.15. The molecule has 1 saturated heterocycles. The van der Waals surface area contributed by atoms with Gasteiger partial charge in [0.05, 0.1) is 12.1 Å². The minimum atomic E-state index is -0.0565. The third kappa shape index (κ3) is 3.95. The first-order chi connectivity index (χ1) is 11.5. The molecule has 134 valence electrons. The van der Waals surface area contributed by atoms with E-state index in [2.05, 4.69) is 46.0 Å². The van der Waals surface area contributed by atoms with Crippen LogP contribution in [-0.2, 0) is 4.79 Å². The van der Waals surface area contributed by atoms with E-state index in [-0.39, 0.29) is 23.9 Å². The Morgan fingerprint density at radius 1 is 1.12 bits per heavy atom. The van der Waals surface area contributed by atoms with Crippen molar-refractivity contribution >= 4 is 5.91 Å². The van der Waals surface area contributed by atoms with Crippen molar-refractivity contribution in [2.45, 2.75) is 64.6 Å². The molecule has 2 aliphatic rings. The second-order valence-corrected chi connectivity index (χ2v) is 7.35. The van der Waals surface area contributed by atoms with Crippen LogP contribution in [0.2, 0.25) is 0 Å². The van der Waals surface area contributed by atoms with Gasteiger partial charge >= 0.3 is 0 Å². The Bertz CT molecular complexity index is 561. The number of rotatable bonds is 6. The number of piperazine rings is 1. The van der Waals surface area contributed by atoms with Gasteiger partial charge in [-0.25, -0.2) is 0 Å². The lowest BCUT2D eigenvalue weighted by molar-refractivity contribution is -0.126. The minimum absolute atomic E-state index is 0.0565. The molecule has 0 bridgehead atoms. The zero-order chi connectivity index (χ0) is 17.3. The van der Waals surface area contributed by atoms with Gasteiger partial charge in [0.15, 0.2) is 5.82 Å². The Morgan fingerprint density at radius 2 is 1.75 bits per heavy atom.